The van der Waals surface area contributed by atoms with Crippen LogP contribution >= 0.6 is 0 Å². The Hall–Kier alpha value is -2.52. The number of sulfonamides is 1. The summed E-state index contributed by atoms with van der Waals surface area (Å²) >= 11 is 0. The number of alkyl halides is 2. The fourth-order valence-corrected chi connectivity index (χ4v) is 3.01. The molecule has 0 unspecified atom stereocenters. The number of hydrogen-bond donors (Lipinski definition) is 0. The van der Waals surface area contributed by atoms with E-state index in [1.807, 2.05) is 0 Å². The van der Waals surface area contributed by atoms with Gasteiger partial charge in [-0.15, -0.1) is 0 Å². The molecule has 0 amide bonds. The van der Waals surface area contributed by atoms with Gasteiger partial charge in [-0.05, 0) is 35.9 Å². The third-order valence-corrected chi connectivity index (χ3v) is 5.15. The van der Waals surface area contributed by atoms with E-state index in [1.165, 1.54) is 50.5 Å². The number of nitrogens with zero attached hydrogens (tertiary/aromatic N) is 1. The lowest BCUT2D eigenvalue weighted by atomic mass is 10.2. The molecule has 0 aliphatic rings. The monoisotopic (exact) mass is 385 g/mol. The summed E-state index contributed by atoms with van der Waals surface area (Å²) < 4.78 is 59.1. The lowest BCUT2D eigenvalue weighted by Crippen LogP contribution is -2.22. The number of esters is 1. The van der Waals surface area contributed by atoms with Gasteiger partial charge in [0.05, 0.1) is 10.5 Å². The summed E-state index contributed by atoms with van der Waals surface area (Å²) in [7, 11) is -0.776. The Morgan fingerprint density at radius 3 is 2.46 bits per heavy atom. The minimum atomic E-state index is -3.60. The summed E-state index contributed by atoms with van der Waals surface area (Å²) in [6.45, 7) is -3.17. The zero-order valence-electron chi connectivity index (χ0n) is 14.1. The molecule has 2 rings (SSSR count). The lowest BCUT2D eigenvalue weighted by molar-refractivity contribution is -0.0499. The van der Waals surface area contributed by atoms with Crippen molar-refractivity contribution in [3.63, 3.8) is 0 Å². The summed E-state index contributed by atoms with van der Waals surface area (Å²) in [6.07, 6.45) is 0. The summed E-state index contributed by atoms with van der Waals surface area (Å²) in [6, 6.07) is 11.2. The molecule has 140 valence electrons. The van der Waals surface area contributed by atoms with Crippen LogP contribution in [0.15, 0.2) is 53.4 Å². The van der Waals surface area contributed by atoms with Gasteiger partial charge in [-0.25, -0.2) is 17.5 Å². The van der Waals surface area contributed by atoms with Crippen LogP contribution < -0.4 is 4.74 Å². The summed E-state index contributed by atoms with van der Waals surface area (Å²) in [5.41, 5.74) is 0.515. The number of halogens is 2. The van der Waals surface area contributed by atoms with Crippen molar-refractivity contribution in [1.29, 1.82) is 0 Å². The fraction of sp³-hybridized carbons (Fsp3) is 0.235. The van der Waals surface area contributed by atoms with E-state index < -0.39 is 22.6 Å². The van der Waals surface area contributed by atoms with Crippen molar-refractivity contribution in [2.75, 3.05) is 14.1 Å². The second kappa shape index (κ2) is 8.24. The molecule has 0 fully saturated rings. The van der Waals surface area contributed by atoms with Crippen LogP contribution in [-0.2, 0) is 21.4 Å². The van der Waals surface area contributed by atoms with Gasteiger partial charge in [-0.1, -0.05) is 18.2 Å². The quantitative estimate of drug-likeness (QED) is 0.686. The molecule has 0 saturated heterocycles. The van der Waals surface area contributed by atoms with E-state index in [1.54, 1.807) is 6.07 Å². The van der Waals surface area contributed by atoms with Crippen molar-refractivity contribution in [3.05, 3.63) is 59.7 Å². The largest absolute Gasteiger partial charge is 0.457 e. The minimum Gasteiger partial charge on any atom is -0.457 e. The molecule has 6 nitrogen and oxygen atoms in total. The van der Waals surface area contributed by atoms with Gasteiger partial charge in [-0.3, -0.25) is 0 Å². The Bertz CT molecular complexity index is 884. The summed E-state index contributed by atoms with van der Waals surface area (Å²) in [5.74, 6) is -0.904. The van der Waals surface area contributed by atoms with Crippen LogP contribution in [0.5, 0.6) is 5.75 Å². The molecule has 2 aromatic rings. The van der Waals surface area contributed by atoms with E-state index in [9.17, 15) is 22.0 Å². The molecule has 0 atom stereocenters. The van der Waals surface area contributed by atoms with Gasteiger partial charge in [0, 0.05) is 14.1 Å². The molecule has 0 aliphatic carbocycles. The van der Waals surface area contributed by atoms with Crippen LogP contribution in [0.1, 0.15) is 15.9 Å². The maximum atomic E-state index is 12.2. The highest BCUT2D eigenvalue weighted by molar-refractivity contribution is 7.89. The second-order valence-electron chi connectivity index (χ2n) is 5.42. The van der Waals surface area contributed by atoms with Gasteiger partial charge in [-0.2, -0.15) is 8.78 Å². The van der Waals surface area contributed by atoms with Gasteiger partial charge in [0.1, 0.15) is 12.4 Å². The molecule has 0 saturated carbocycles. The average molecular weight is 385 g/mol. The van der Waals surface area contributed by atoms with E-state index in [-0.39, 0.29) is 22.8 Å². The normalized spacial score (nSPS) is 11.6. The predicted molar refractivity (Wildman–Crippen MR) is 89.5 cm³/mol. The molecular weight excluding hydrogens is 368 g/mol. The number of ether oxygens (including phenoxy) is 2. The third kappa shape index (κ3) is 4.99. The third-order valence-electron chi connectivity index (χ3n) is 3.34. The van der Waals surface area contributed by atoms with Crippen molar-refractivity contribution in [3.8, 4) is 5.75 Å². The standard InChI is InChI=1S/C17H17F2NO5S/c1-20(2)26(22,23)15-8-3-5-12(9-15)11-24-16(21)13-6-4-7-14(10-13)25-17(18)19/h3-10,17H,11H2,1-2H3. The van der Waals surface area contributed by atoms with E-state index >= 15 is 0 Å². The average Bonchev–Trinajstić information content (AvgIpc) is 2.59. The SMILES string of the molecule is CN(C)S(=O)(=O)c1cccc(COC(=O)c2cccc(OC(F)F)c2)c1. The van der Waals surface area contributed by atoms with Crippen LogP contribution in [-0.4, -0.2) is 39.4 Å². The van der Waals surface area contributed by atoms with E-state index in [2.05, 4.69) is 4.74 Å². The first-order valence-electron chi connectivity index (χ1n) is 7.43. The van der Waals surface area contributed by atoms with Gasteiger partial charge >= 0.3 is 12.6 Å². The fourth-order valence-electron chi connectivity index (χ4n) is 2.04. The highest BCUT2D eigenvalue weighted by atomic mass is 32.2. The van der Waals surface area contributed by atoms with Crippen molar-refractivity contribution in [2.45, 2.75) is 18.1 Å². The Morgan fingerprint density at radius 2 is 1.81 bits per heavy atom. The van der Waals surface area contributed by atoms with E-state index in [0.29, 0.717) is 5.56 Å². The Kier molecular flexibility index (Phi) is 6.27. The molecule has 0 aromatic heterocycles. The topological polar surface area (TPSA) is 72.9 Å². The van der Waals surface area contributed by atoms with Crippen molar-refractivity contribution >= 4 is 16.0 Å². The number of rotatable bonds is 7. The molecule has 26 heavy (non-hydrogen) atoms. The maximum absolute atomic E-state index is 12.2. The first-order valence-corrected chi connectivity index (χ1v) is 8.87. The number of benzene rings is 2. The van der Waals surface area contributed by atoms with Crippen LogP contribution in [0.25, 0.3) is 0 Å². The predicted octanol–water partition coefficient (Wildman–Crippen LogP) is 2.90. The number of carbonyl (C=O) groups is 1. The number of carbonyl (C=O) groups excluding carboxylic acids is 1. The molecule has 2 aromatic carbocycles. The minimum absolute atomic E-state index is 0.0419. The molecule has 0 bridgehead atoms. The summed E-state index contributed by atoms with van der Waals surface area (Å²) in [4.78, 5) is 12.1. The van der Waals surface area contributed by atoms with Crippen molar-refractivity contribution in [2.24, 2.45) is 0 Å². The Labute approximate surface area is 150 Å². The molecule has 0 aliphatic heterocycles. The molecule has 0 spiro atoms. The number of hydrogen-bond acceptors (Lipinski definition) is 5. The first kappa shape index (κ1) is 19.8. The zero-order valence-corrected chi connectivity index (χ0v) is 14.9. The van der Waals surface area contributed by atoms with Crippen molar-refractivity contribution < 1.29 is 31.5 Å². The highest BCUT2D eigenvalue weighted by Gasteiger charge is 2.17. The van der Waals surface area contributed by atoms with Crippen LogP contribution in [0.3, 0.4) is 0 Å². The second-order valence-corrected chi connectivity index (χ2v) is 7.57. The Morgan fingerprint density at radius 1 is 1.12 bits per heavy atom. The van der Waals surface area contributed by atoms with Crippen molar-refractivity contribution in [1.82, 2.24) is 4.31 Å². The lowest BCUT2D eigenvalue weighted by Gasteiger charge is -2.12. The van der Waals surface area contributed by atoms with E-state index in [4.69, 9.17) is 4.74 Å². The van der Waals surface area contributed by atoms with E-state index in [0.717, 1.165) is 10.4 Å². The first-order chi connectivity index (χ1) is 12.2. The van der Waals surface area contributed by atoms with Gasteiger partial charge in [0.25, 0.3) is 0 Å². The van der Waals surface area contributed by atoms with Crippen LogP contribution in [0, 0.1) is 0 Å². The molecular formula is C17H17F2NO5S. The highest BCUT2D eigenvalue weighted by Crippen LogP contribution is 2.18. The van der Waals surface area contributed by atoms with Gasteiger partial charge < -0.3 is 9.47 Å². The molecule has 0 radical (unpaired) electrons. The van der Waals surface area contributed by atoms with Crippen LogP contribution in [0.4, 0.5) is 8.78 Å². The Balaban J connectivity index is 2.08. The molecule has 0 heterocycles. The maximum Gasteiger partial charge on any atom is 0.387 e. The zero-order chi connectivity index (χ0) is 19.3. The molecule has 9 heteroatoms. The smallest absolute Gasteiger partial charge is 0.387 e. The van der Waals surface area contributed by atoms with Gasteiger partial charge in [0.15, 0.2) is 0 Å². The summed E-state index contributed by atoms with van der Waals surface area (Å²) in [5, 5.41) is 0. The molecule has 0 N–H and O–H groups in total. The van der Waals surface area contributed by atoms with Crippen LogP contribution in [0.2, 0.25) is 0 Å². The van der Waals surface area contributed by atoms with Gasteiger partial charge in [0.2, 0.25) is 10.0 Å².